The number of ether oxygens (including phenoxy) is 1. The maximum atomic E-state index is 12.1. The van der Waals surface area contributed by atoms with Crippen LogP contribution >= 0.6 is 23.4 Å². The number of carbonyl (C=O) groups is 1. The van der Waals surface area contributed by atoms with Gasteiger partial charge >= 0.3 is 5.97 Å². The molecule has 0 amide bonds. The van der Waals surface area contributed by atoms with E-state index in [0.717, 1.165) is 4.90 Å². The molecule has 1 N–H and O–H groups in total. The summed E-state index contributed by atoms with van der Waals surface area (Å²) in [5.74, 6) is 0.594. The van der Waals surface area contributed by atoms with Gasteiger partial charge in [-0.15, -0.1) is 11.8 Å². The Bertz CT molecular complexity index is 972. The van der Waals surface area contributed by atoms with Crippen molar-refractivity contribution in [1.82, 2.24) is 9.97 Å². The molecule has 3 rings (SSSR count). The van der Waals surface area contributed by atoms with Crippen molar-refractivity contribution in [3.05, 3.63) is 69.7 Å². The molecule has 0 spiro atoms. The number of thioether (sulfide) groups is 1. The van der Waals surface area contributed by atoms with Gasteiger partial charge in [-0.05, 0) is 43.3 Å². The summed E-state index contributed by atoms with van der Waals surface area (Å²) in [4.78, 5) is 32.2. The molecular formula is C19H17ClN2O3S. The number of nitrogens with one attached hydrogen (secondary N) is 1. The molecule has 1 aromatic heterocycles. The van der Waals surface area contributed by atoms with Gasteiger partial charge < -0.3 is 9.72 Å². The molecule has 3 aromatic rings. The molecule has 0 aliphatic heterocycles. The Balaban J connectivity index is 1.57. The first-order chi connectivity index (χ1) is 12.5. The second kappa shape index (κ2) is 8.38. The van der Waals surface area contributed by atoms with Crippen LogP contribution in [-0.2, 0) is 9.53 Å². The Hall–Kier alpha value is -2.31. The van der Waals surface area contributed by atoms with Crippen molar-refractivity contribution in [2.24, 2.45) is 0 Å². The molecule has 7 heteroatoms. The Morgan fingerprint density at radius 3 is 2.73 bits per heavy atom. The van der Waals surface area contributed by atoms with Crippen LogP contribution in [0.2, 0.25) is 5.02 Å². The quantitative estimate of drug-likeness (QED) is 0.501. The number of hydrogen-bond donors (Lipinski definition) is 1. The zero-order valence-electron chi connectivity index (χ0n) is 14.1. The molecule has 1 heterocycles. The van der Waals surface area contributed by atoms with Crippen molar-refractivity contribution in [2.45, 2.75) is 24.3 Å². The van der Waals surface area contributed by atoms with Gasteiger partial charge in [0.25, 0.3) is 5.56 Å². The normalized spacial score (nSPS) is 12.1. The van der Waals surface area contributed by atoms with E-state index in [2.05, 4.69) is 9.97 Å². The van der Waals surface area contributed by atoms with Crippen LogP contribution in [0.15, 0.2) is 58.2 Å². The van der Waals surface area contributed by atoms with E-state index in [0.29, 0.717) is 27.5 Å². The van der Waals surface area contributed by atoms with Gasteiger partial charge in [-0.1, -0.05) is 23.7 Å². The number of halogens is 1. The number of fused-ring (bicyclic) bond motifs is 1. The first-order valence-electron chi connectivity index (χ1n) is 8.10. The number of aromatic nitrogens is 2. The monoisotopic (exact) mass is 388 g/mol. The smallest absolute Gasteiger partial charge is 0.307 e. The first kappa shape index (κ1) is 18.5. The number of nitrogens with zero attached hydrogens (tertiary/aromatic N) is 1. The van der Waals surface area contributed by atoms with Crippen molar-refractivity contribution < 1.29 is 9.53 Å². The molecule has 134 valence electrons. The lowest BCUT2D eigenvalue weighted by Gasteiger charge is -2.13. The van der Waals surface area contributed by atoms with Gasteiger partial charge in [0, 0.05) is 15.7 Å². The van der Waals surface area contributed by atoms with E-state index in [1.165, 1.54) is 0 Å². The molecule has 0 radical (unpaired) electrons. The fourth-order valence-electron chi connectivity index (χ4n) is 2.39. The van der Waals surface area contributed by atoms with Crippen LogP contribution in [0, 0.1) is 0 Å². The van der Waals surface area contributed by atoms with Crippen molar-refractivity contribution in [3.8, 4) is 0 Å². The van der Waals surface area contributed by atoms with Crippen LogP contribution in [0.5, 0.6) is 0 Å². The molecule has 0 fully saturated rings. The number of rotatable bonds is 6. The van der Waals surface area contributed by atoms with E-state index in [1.807, 2.05) is 30.3 Å². The van der Waals surface area contributed by atoms with Crippen LogP contribution in [0.1, 0.15) is 25.3 Å². The predicted octanol–water partition coefficient (Wildman–Crippen LogP) is 4.36. The number of H-pyrrole nitrogens is 1. The van der Waals surface area contributed by atoms with Crippen molar-refractivity contribution in [2.75, 3.05) is 5.75 Å². The van der Waals surface area contributed by atoms with E-state index in [9.17, 15) is 9.59 Å². The average Bonchev–Trinajstić information content (AvgIpc) is 2.63. The summed E-state index contributed by atoms with van der Waals surface area (Å²) in [5, 5.41) is 1.19. The number of benzene rings is 2. The molecule has 0 saturated carbocycles. The highest BCUT2D eigenvalue weighted by Crippen LogP contribution is 2.22. The minimum absolute atomic E-state index is 0.244. The van der Waals surface area contributed by atoms with Gasteiger partial charge in [-0.25, -0.2) is 4.98 Å². The largest absolute Gasteiger partial charge is 0.454 e. The zero-order valence-corrected chi connectivity index (χ0v) is 15.6. The predicted molar refractivity (Wildman–Crippen MR) is 104 cm³/mol. The van der Waals surface area contributed by atoms with Crippen LogP contribution in [0.4, 0.5) is 0 Å². The SMILES string of the molecule is C[C@H](OC(=O)CCSc1ccc(Cl)cc1)c1nc2ccccc2c(=O)[nH]1. The number of esters is 1. The summed E-state index contributed by atoms with van der Waals surface area (Å²) in [5.41, 5.74) is 0.333. The third kappa shape index (κ3) is 4.65. The van der Waals surface area contributed by atoms with E-state index < -0.39 is 6.10 Å². The number of carbonyl (C=O) groups excluding carboxylic acids is 1. The van der Waals surface area contributed by atoms with Crippen LogP contribution in [0.25, 0.3) is 10.9 Å². The lowest BCUT2D eigenvalue weighted by atomic mass is 10.2. The summed E-state index contributed by atoms with van der Waals surface area (Å²) in [7, 11) is 0. The van der Waals surface area contributed by atoms with Gasteiger partial charge in [0.1, 0.15) is 0 Å². The minimum Gasteiger partial charge on any atom is -0.454 e. The Labute approximate surface area is 159 Å². The van der Waals surface area contributed by atoms with E-state index in [4.69, 9.17) is 16.3 Å². The molecule has 26 heavy (non-hydrogen) atoms. The van der Waals surface area contributed by atoms with E-state index in [1.54, 1.807) is 36.9 Å². The summed E-state index contributed by atoms with van der Waals surface area (Å²) in [6, 6.07) is 14.5. The van der Waals surface area contributed by atoms with Gasteiger partial charge in [-0.2, -0.15) is 0 Å². The number of para-hydroxylation sites is 1. The van der Waals surface area contributed by atoms with Crippen LogP contribution in [-0.4, -0.2) is 21.7 Å². The van der Waals surface area contributed by atoms with Crippen LogP contribution in [0.3, 0.4) is 0 Å². The Morgan fingerprint density at radius 2 is 1.96 bits per heavy atom. The maximum absolute atomic E-state index is 12.1. The lowest BCUT2D eigenvalue weighted by molar-refractivity contribution is -0.148. The Morgan fingerprint density at radius 1 is 1.23 bits per heavy atom. The van der Waals surface area contributed by atoms with E-state index in [-0.39, 0.29) is 17.9 Å². The zero-order chi connectivity index (χ0) is 18.5. The van der Waals surface area contributed by atoms with Crippen LogP contribution < -0.4 is 5.56 Å². The lowest BCUT2D eigenvalue weighted by Crippen LogP contribution is -2.17. The number of aromatic amines is 1. The van der Waals surface area contributed by atoms with Crippen molar-refractivity contribution in [1.29, 1.82) is 0 Å². The molecular weight excluding hydrogens is 372 g/mol. The fraction of sp³-hybridized carbons (Fsp3) is 0.211. The molecule has 1 atom stereocenters. The topological polar surface area (TPSA) is 72.0 Å². The highest BCUT2D eigenvalue weighted by atomic mass is 35.5. The molecule has 0 bridgehead atoms. The number of hydrogen-bond acceptors (Lipinski definition) is 5. The van der Waals surface area contributed by atoms with Crippen molar-refractivity contribution in [3.63, 3.8) is 0 Å². The van der Waals surface area contributed by atoms with Gasteiger partial charge in [0.05, 0.1) is 17.3 Å². The van der Waals surface area contributed by atoms with Gasteiger partial charge in [0.2, 0.25) is 0 Å². The summed E-state index contributed by atoms with van der Waals surface area (Å²) >= 11 is 7.40. The molecule has 0 aliphatic carbocycles. The van der Waals surface area contributed by atoms with E-state index >= 15 is 0 Å². The maximum Gasteiger partial charge on any atom is 0.307 e. The molecule has 2 aromatic carbocycles. The highest BCUT2D eigenvalue weighted by Gasteiger charge is 2.15. The second-order valence-electron chi connectivity index (χ2n) is 5.65. The highest BCUT2D eigenvalue weighted by molar-refractivity contribution is 7.99. The third-order valence-corrected chi connectivity index (χ3v) is 4.98. The Kier molecular flexibility index (Phi) is 5.96. The van der Waals surface area contributed by atoms with Gasteiger partial charge in [-0.3, -0.25) is 9.59 Å². The third-order valence-electron chi connectivity index (χ3n) is 3.71. The molecule has 0 unspecified atom stereocenters. The summed E-state index contributed by atoms with van der Waals surface area (Å²) in [6.45, 7) is 1.69. The second-order valence-corrected chi connectivity index (χ2v) is 7.26. The molecule has 0 aliphatic rings. The molecule has 0 saturated heterocycles. The van der Waals surface area contributed by atoms with Crippen molar-refractivity contribution >= 4 is 40.2 Å². The molecule has 5 nitrogen and oxygen atoms in total. The average molecular weight is 389 g/mol. The van der Waals surface area contributed by atoms with Gasteiger partial charge in [0.15, 0.2) is 11.9 Å². The fourth-order valence-corrected chi connectivity index (χ4v) is 3.35. The minimum atomic E-state index is -0.625. The first-order valence-corrected chi connectivity index (χ1v) is 9.46. The summed E-state index contributed by atoms with van der Waals surface area (Å²) in [6.07, 6.45) is -0.365. The summed E-state index contributed by atoms with van der Waals surface area (Å²) < 4.78 is 5.39. The standard InChI is InChI=1S/C19H17ClN2O3S/c1-12(18-21-16-5-3-2-4-15(16)19(24)22-18)25-17(23)10-11-26-14-8-6-13(20)7-9-14/h2-9,12H,10-11H2,1H3,(H,21,22,24)/t12-/m0/s1.